The van der Waals surface area contributed by atoms with E-state index in [0.29, 0.717) is 47.5 Å². The van der Waals surface area contributed by atoms with Crippen molar-refractivity contribution >= 4 is 45.0 Å². The quantitative estimate of drug-likeness (QED) is 0.0216. The van der Waals surface area contributed by atoms with E-state index < -0.39 is 15.5 Å². The van der Waals surface area contributed by atoms with Crippen molar-refractivity contribution in [2.45, 2.75) is 25.3 Å². The van der Waals surface area contributed by atoms with Gasteiger partial charge in [-0.05, 0) is 46.4 Å². The SMILES string of the molecule is CCC(/C=C1\Oc2ccc(-c3ccccc3)cc2[N+]12CC2S(=O)(=O)O)=C\c1oc2ccc(-c3ccccc3)cc2[n+]1CCSOOO. The molecule has 7 rings (SSSR count). The number of aromatic nitrogens is 1. The third kappa shape index (κ3) is 6.01. The number of rotatable bonds is 11. The molecule has 2 N–H and O–H groups in total. The number of quaternary nitrogens is 1. The summed E-state index contributed by atoms with van der Waals surface area (Å²) >= 11 is 0.953. The smallest absolute Gasteiger partial charge is 0.374 e. The van der Waals surface area contributed by atoms with Crippen molar-refractivity contribution in [2.75, 3.05) is 12.3 Å². The van der Waals surface area contributed by atoms with Crippen molar-refractivity contribution in [2.24, 2.45) is 0 Å². The fraction of sp³-hybridized carbons (Fsp3) is 0.171. The Morgan fingerprint density at radius 2 is 1.66 bits per heavy atom. The van der Waals surface area contributed by atoms with Gasteiger partial charge in [0.15, 0.2) is 24.5 Å². The second kappa shape index (κ2) is 12.7. The van der Waals surface area contributed by atoms with E-state index in [4.69, 9.17) is 14.4 Å². The van der Waals surface area contributed by atoms with Crippen molar-refractivity contribution in [3.05, 3.63) is 120 Å². The van der Waals surface area contributed by atoms with Gasteiger partial charge < -0.3 is 9.15 Å². The lowest BCUT2D eigenvalue weighted by molar-refractivity contribution is -0.673. The Kier molecular flexibility index (Phi) is 8.49. The normalized spacial score (nSPS) is 19.8. The Balaban J connectivity index is 1.30. The summed E-state index contributed by atoms with van der Waals surface area (Å²) in [6.45, 7) is 2.62. The molecule has 47 heavy (non-hydrogen) atoms. The zero-order valence-corrected chi connectivity index (χ0v) is 27.0. The number of benzene rings is 4. The first-order chi connectivity index (χ1) is 22.8. The summed E-state index contributed by atoms with van der Waals surface area (Å²) in [5.74, 6) is 1.97. The highest BCUT2D eigenvalue weighted by atomic mass is 32.2. The van der Waals surface area contributed by atoms with Gasteiger partial charge in [-0.3, -0.25) is 4.55 Å². The zero-order valence-electron chi connectivity index (χ0n) is 25.4. The number of nitrogens with zero attached hydrogens (tertiary/aromatic N) is 2. The minimum Gasteiger partial charge on any atom is -0.406 e. The number of hydrogen-bond acceptors (Lipinski definition) is 8. The Morgan fingerprint density at radius 1 is 0.979 bits per heavy atom. The molecule has 1 fully saturated rings. The zero-order chi connectivity index (χ0) is 32.6. The highest BCUT2D eigenvalue weighted by Gasteiger charge is 2.72. The van der Waals surface area contributed by atoms with Crippen LogP contribution in [0.5, 0.6) is 5.75 Å². The molecule has 1 aromatic heterocycles. The first-order valence-corrected chi connectivity index (χ1v) is 17.5. The summed E-state index contributed by atoms with van der Waals surface area (Å²) in [4.78, 5) is 0. The van der Waals surface area contributed by atoms with Gasteiger partial charge in [0.1, 0.15) is 0 Å². The van der Waals surface area contributed by atoms with Crippen LogP contribution in [0.4, 0.5) is 5.69 Å². The number of ether oxygens (including phenoxy) is 1. The topological polar surface area (TPSA) is 119 Å². The monoisotopic (exact) mass is 672 g/mol. The molecule has 10 nitrogen and oxygen atoms in total. The average molecular weight is 673 g/mol. The minimum atomic E-state index is -4.37. The molecule has 2 aliphatic rings. The predicted molar refractivity (Wildman–Crippen MR) is 180 cm³/mol. The molecular weight excluding hydrogens is 641 g/mol. The minimum absolute atomic E-state index is 0.123. The summed E-state index contributed by atoms with van der Waals surface area (Å²) < 4.78 is 54.4. The van der Waals surface area contributed by atoms with Gasteiger partial charge in [0.2, 0.25) is 5.58 Å². The van der Waals surface area contributed by atoms with Gasteiger partial charge in [-0.1, -0.05) is 84.8 Å². The van der Waals surface area contributed by atoms with Crippen LogP contribution in [0.25, 0.3) is 39.4 Å². The number of aryl methyl sites for hydroxylation is 1. The third-order valence-electron chi connectivity index (χ3n) is 8.59. The molecule has 0 bridgehead atoms. The first kappa shape index (κ1) is 31.3. The second-order valence-corrected chi connectivity index (χ2v) is 13.7. The predicted octanol–water partition coefficient (Wildman–Crippen LogP) is 7.39. The largest absolute Gasteiger partial charge is 0.406 e. The van der Waals surface area contributed by atoms with E-state index in [1.807, 2.05) is 115 Å². The van der Waals surface area contributed by atoms with Gasteiger partial charge in [0, 0.05) is 30.3 Å². The van der Waals surface area contributed by atoms with Gasteiger partial charge in [0.05, 0.1) is 11.8 Å². The molecule has 1 spiro atoms. The lowest BCUT2D eigenvalue weighted by Crippen LogP contribution is -2.36. The highest BCUT2D eigenvalue weighted by molar-refractivity contribution is 7.94. The van der Waals surface area contributed by atoms with E-state index in [-0.39, 0.29) is 11.0 Å². The maximum atomic E-state index is 12.5. The fourth-order valence-electron chi connectivity index (χ4n) is 6.19. The van der Waals surface area contributed by atoms with Gasteiger partial charge in [0.25, 0.3) is 10.9 Å². The fourth-order valence-corrected chi connectivity index (χ4v) is 7.65. The highest BCUT2D eigenvalue weighted by Crippen LogP contribution is 2.56. The van der Waals surface area contributed by atoms with Crippen LogP contribution in [-0.4, -0.2) is 35.9 Å². The Bertz CT molecular complexity index is 2110. The van der Waals surface area contributed by atoms with Crippen molar-refractivity contribution < 1.29 is 41.3 Å². The van der Waals surface area contributed by atoms with E-state index >= 15 is 0 Å². The molecule has 0 aliphatic carbocycles. The van der Waals surface area contributed by atoms with Crippen LogP contribution >= 0.6 is 12.0 Å². The Labute approximate surface area is 276 Å². The standard InChI is InChI=1S/C35H30N2O8S2/c1-2-24(19-33-36(17-18-46-45-44-38)29-21-27(13-15-31(29)42-33)25-9-5-3-6-10-25)20-34-37(23-35(37)47(39,40)41)30-22-28(14-16-32(30)43-34)26-11-7-4-8-12-26/h3-16,19-22,35H,2,17-18,23H2,1H3/p+2/b24-19+,34-20-. The van der Waals surface area contributed by atoms with Crippen molar-refractivity contribution in [1.82, 2.24) is 4.48 Å². The Morgan fingerprint density at radius 3 is 2.30 bits per heavy atom. The van der Waals surface area contributed by atoms with Gasteiger partial charge in [-0.25, -0.2) is 5.26 Å². The van der Waals surface area contributed by atoms with E-state index in [0.717, 1.165) is 45.4 Å². The number of oxazole rings is 1. The number of allylic oxidation sites excluding steroid dienone is 2. The average Bonchev–Trinajstić information content (AvgIpc) is 3.69. The summed E-state index contributed by atoms with van der Waals surface area (Å²) in [6, 6.07) is 31.6. The molecule has 0 radical (unpaired) electrons. The van der Waals surface area contributed by atoms with Crippen molar-refractivity contribution in [3.63, 3.8) is 0 Å². The number of hydrogen-bond donors (Lipinski definition) is 2. The molecule has 0 amide bonds. The molecule has 240 valence electrons. The lowest BCUT2D eigenvalue weighted by atomic mass is 10.0. The molecule has 2 aliphatic heterocycles. The van der Waals surface area contributed by atoms with Crippen LogP contribution < -0.4 is 13.8 Å². The maximum absolute atomic E-state index is 12.5. The van der Waals surface area contributed by atoms with Crippen LogP contribution in [0, 0.1) is 0 Å². The summed E-state index contributed by atoms with van der Waals surface area (Å²) in [5.41, 5.74) is 7.07. The molecule has 12 heteroatoms. The maximum Gasteiger partial charge on any atom is 0.374 e. The molecule has 1 saturated heterocycles. The van der Waals surface area contributed by atoms with Gasteiger partial charge in [-0.2, -0.15) is 17.5 Å². The van der Waals surface area contributed by atoms with E-state index in [2.05, 4.69) is 15.4 Å². The molecular formula is C35H32N2O8S2+2. The summed E-state index contributed by atoms with van der Waals surface area (Å²) in [7, 11) is -4.37. The summed E-state index contributed by atoms with van der Waals surface area (Å²) in [6.07, 6.45) is 4.34. The van der Waals surface area contributed by atoms with Gasteiger partial charge >= 0.3 is 21.9 Å². The van der Waals surface area contributed by atoms with E-state index in [1.165, 1.54) is 0 Å². The summed E-state index contributed by atoms with van der Waals surface area (Å²) in [5, 5.41) is 11.3. The Hall–Kier alpha value is -4.27. The van der Waals surface area contributed by atoms with E-state index in [9.17, 15) is 13.0 Å². The van der Waals surface area contributed by atoms with Crippen LogP contribution in [0.15, 0.2) is 119 Å². The third-order valence-corrected chi connectivity index (χ3v) is 10.3. The van der Waals surface area contributed by atoms with Gasteiger partial charge in [-0.15, -0.1) is 4.33 Å². The van der Waals surface area contributed by atoms with Crippen LogP contribution in [0.2, 0.25) is 0 Å². The second-order valence-electron chi connectivity index (χ2n) is 11.3. The van der Waals surface area contributed by atoms with Crippen LogP contribution in [-0.2, 0) is 26.0 Å². The molecule has 2 atom stereocenters. The number of fused-ring (bicyclic) bond motifs is 3. The molecule has 0 saturated carbocycles. The van der Waals surface area contributed by atoms with Crippen LogP contribution in [0.1, 0.15) is 19.2 Å². The molecule has 4 aromatic carbocycles. The van der Waals surface area contributed by atoms with E-state index in [1.54, 1.807) is 0 Å². The molecule has 3 heterocycles. The molecule has 5 aromatic rings. The van der Waals surface area contributed by atoms with Crippen molar-refractivity contribution in [3.8, 4) is 28.0 Å². The van der Waals surface area contributed by atoms with Crippen molar-refractivity contribution in [1.29, 1.82) is 0 Å². The lowest BCUT2D eigenvalue weighted by Gasteiger charge is -2.12. The first-order valence-electron chi connectivity index (χ1n) is 15.1. The van der Waals surface area contributed by atoms with Crippen LogP contribution in [0.3, 0.4) is 0 Å². The molecule has 2 unspecified atom stereocenters.